The molecule has 0 saturated carbocycles. The number of sulfonamides is 1. The number of carbonyl (C=O) groups excluding carboxylic acids is 1. The zero-order valence-corrected chi connectivity index (χ0v) is 20.5. The Bertz CT molecular complexity index is 1530. The summed E-state index contributed by atoms with van der Waals surface area (Å²) in [5, 5.41) is 14.7. The molecule has 4 rings (SSSR count). The lowest BCUT2D eigenvalue weighted by Gasteiger charge is -2.23. The van der Waals surface area contributed by atoms with Crippen LogP contribution in [0.5, 0.6) is 0 Å². The van der Waals surface area contributed by atoms with Gasteiger partial charge in [0.2, 0.25) is 0 Å². The smallest absolute Gasteiger partial charge is 0.269 e. The number of hydrogen-bond donors (Lipinski definition) is 1. The highest BCUT2D eigenvalue weighted by molar-refractivity contribution is 7.92. The monoisotopic (exact) mass is 518 g/mol. The maximum Gasteiger partial charge on any atom is 0.269 e. The van der Waals surface area contributed by atoms with Gasteiger partial charge in [-0.25, -0.2) is 13.8 Å². The van der Waals surface area contributed by atoms with E-state index in [0.717, 1.165) is 9.87 Å². The fourth-order valence-electron chi connectivity index (χ4n) is 3.41. The Kier molecular flexibility index (Phi) is 7.44. The number of nitro benzene ring substituents is 1. The van der Waals surface area contributed by atoms with Gasteiger partial charge in [0.25, 0.3) is 21.6 Å². The van der Waals surface area contributed by atoms with Crippen molar-refractivity contribution >= 4 is 33.5 Å². The van der Waals surface area contributed by atoms with E-state index in [0.29, 0.717) is 22.8 Å². The Hall–Kier alpha value is -4.77. The van der Waals surface area contributed by atoms with Crippen LogP contribution in [0.2, 0.25) is 0 Å². The summed E-state index contributed by atoms with van der Waals surface area (Å²) in [6.07, 6.45) is 1.27. The van der Waals surface area contributed by atoms with E-state index in [9.17, 15) is 23.3 Å². The first-order valence-electron chi connectivity index (χ1n) is 11.0. The highest BCUT2D eigenvalue weighted by Gasteiger charge is 2.27. The SMILES string of the molecule is Cc1ccc(S(=O)(=O)N(CC(=O)N/N=C\c2ccc(-c3ccc([N+](=O)[O-])cc3)o2)c2ccccc2)cc1. The molecule has 0 aliphatic rings. The number of furan rings is 1. The minimum absolute atomic E-state index is 0.0336. The molecule has 0 fully saturated rings. The van der Waals surface area contributed by atoms with Gasteiger partial charge in [-0.2, -0.15) is 5.10 Å². The van der Waals surface area contributed by atoms with Gasteiger partial charge in [-0.15, -0.1) is 0 Å². The highest BCUT2D eigenvalue weighted by Crippen LogP contribution is 2.25. The molecule has 0 atom stereocenters. The van der Waals surface area contributed by atoms with E-state index in [2.05, 4.69) is 10.5 Å². The molecule has 1 N–H and O–H groups in total. The summed E-state index contributed by atoms with van der Waals surface area (Å²) in [7, 11) is -4.02. The number of rotatable bonds is 9. The minimum atomic E-state index is -4.02. The summed E-state index contributed by atoms with van der Waals surface area (Å²) in [4.78, 5) is 23.0. The van der Waals surface area contributed by atoms with Crippen molar-refractivity contribution in [2.24, 2.45) is 5.10 Å². The van der Waals surface area contributed by atoms with Crippen LogP contribution in [-0.2, 0) is 14.8 Å². The summed E-state index contributed by atoms with van der Waals surface area (Å²) >= 11 is 0. The van der Waals surface area contributed by atoms with Crippen LogP contribution in [0.15, 0.2) is 105 Å². The van der Waals surface area contributed by atoms with Crippen LogP contribution in [0, 0.1) is 17.0 Å². The molecule has 37 heavy (non-hydrogen) atoms. The van der Waals surface area contributed by atoms with Gasteiger partial charge in [-0.1, -0.05) is 35.9 Å². The molecule has 0 aliphatic heterocycles. The third kappa shape index (κ3) is 6.08. The number of aryl methyl sites for hydroxylation is 1. The van der Waals surface area contributed by atoms with E-state index in [1.165, 1.54) is 30.5 Å². The van der Waals surface area contributed by atoms with Crippen LogP contribution < -0.4 is 9.73 Å². The van der Waals surface area contributed by atoms with Crippen LogP contribution >= 0.6 is 0 Å². The molecule has 0 saturated heterocycles. The highest BCUT2D eigenvalue weighted by atomic mass is 32.2. The molecule has 4 aromatic rings. The normalized spacial score (nSPS) is 11.4. The Morgan fingerprint density at radius 2 is 1.68 bits per heavy atom. The lowest BCUT2D eigenvalue weighted by Crippen LogP contribution is -2.39. The Balaban J connectivity index is 1.46. The van der Waals surface area contributed by atoms with E-state index in [1.807, 2.05) is 6.92 Å². The van der Waals surface area contributed by atoms with E-state index in [4.69, 9.17) is 4.42 Å². The Morgan fingerprint density at radius 3 is 2.32 bits per heavy atom. The average Bonchev–Trinajstić information content (AvgIpc) is 3.37. The molecule has 10 nitrogen and oxygen atoms in total. The molecule has 1 aromatic heterocycles. The second kappa shape index (κ2) is 10.9. The first-order chi connectivity index (χ1) is 17.7. The third-order valence-electron chi connectivity index (χ3n) is 5.31. The largest absolute Gasteiger partial charge is 0.455 e. The predicted molar refractivity (Wildman–Crippen MR) is 139 cm³/mol. The average molecular weight is 519 g/mol. The zero-order chi connectivity index (χ0) is 26.4. The van der Waals surface area contributed by atoms with Crippen molar-refractivity contribution in [2.45, 2.75) is 11.8 Å². The van der Waals surface area contributed by atoms with Gasteiger partial charge in [0.1, 0.15) is 18.1 Å². The van der Waals surface area contributed by atoms with E-state index in [-0.39, 0.29) is 10.6 Å². The number of anilines is 1. The number of nitrogens with one attached hydrogen (secondary N) is 1. The van der Waals surface area contributed by atoms with Gasteiger partial charge >= 0.3 is 0 Å². The molecule has 3 aromatic carbocycles. The van der Waals surface area contributed by atoms with Crippen LogP contribution in [0.4, 0.5) is 11.4 Å². The molecule has 1 heterocycles. The maximum atomic E-state index is 13.3. The maximum absolute atomic E-state index is 13.3. The summed E-state index contributed by atoms with van der Waals surface area (Å²) in [5.41, 5.74) is 4.17. The lowest BCUT2D eigenvalue weighted by atomic mass is 10.1. The summed E-state index contributed by atoms with van der Waals surface area (Å²) in [6, 6.07) is 23.8. The minimum Gasteiger partial charge on any atom is -0.455 e. The number of amides is 1. The predicted octanol–water partition coefficient (Wildman–Crippen LogP) is 4.51. The van der Waals surface area contributed by atoms with E-state index >= 15 is 0 Å². The van der Waals surface area contributed by atoms with E-state index < -0.39 is 27.4 Å². The van der Waals surface area contributed by atoms with Gasteiger partial charge in [-0.3, -0.25) is 19.2 Å². The molecular formula is C26H22N4O6S. The van der Waals surface area contributed by atoms with Gasteiger partial charge < -0.3 is 4.42 Å². The topological polar surface area (TPSA) is 135 Å². The van der Waals surface area contributed by atoms with Crippen molar-refractivity contribution in [2.75, 3.05) is 10.8 Å². The van der Waals surface area contributed by atoms with Gasteiger partial charge in [0.15, 0.2) is 0 Å². The third-order valence-corrected chi connectivity index (χ3v) is 7.10. The van der Waals surface area contributed by atoms with Crippen LogP contribution in [0.3, 0.4) is 0 Å². The lowest BCUT2D eigenvalue weighted by molar-refractivity contribution is -0.384. The van der Waals surface area contributed by atoms with Crippen molar-refractivity contribution in [3.63, 3.8) is 0 Å². The molecule has 11 heteroatoms. The first-order valence-corrected chi connectivity index (χ1v) is 12.5. The van der Waals surface area contributed by atoms with Crippen molar-refractivity contribution in [1.82, 2.24) is 5.43 Å². The molecule has 0 radical (unpaired) electrons. The number of carbonyl (C=O) groups is 1. The van der Waals surface area contributed by atoms with Crippen LogP contribution in [-0.4, -0.2) is 32.0 Å². The Morgan fingerprint density at radius 1 is 1.00 bits per heavy atom. The van der Waals surface area contributed by atoms with Gasteiger partial charge in [0.05, 0.1) is 21.7 Å². The molecular weight excluding hydrogens is 496 g/mol. The van der Waals surface area contributed by atoms with Gasteiger partial charge in [-0.05, 0) is 55.5 Å². The second-order valence-electron chi connectivity index (χ2n) is 7.96. The molecule has 0 unspecified atom stereocenters. The number of hydrazone groups is 1. The number of para-hydroxylation sites is 1. The fourth-order valence-corrected chi connectivity index (χ4v) is 4.83. The number of hydrogen-bond acceptors (Lipinski definition) is 7. The molecule has 0 aliphatic carbocycles. The molecule has 1 amide bonds. The number of nitro groups is 1. The summed E-state index contributed by atoms with van der Waals surface area (Å²) in [5.74, 6) is 0.126. The number of nitrogens with zero attached hydrogens (tertiary/aromatic N) is 3. The number of benzene rings is 3. The van der Waals surface area contributed by atoms with E-state index in [1.54, 1.807) is 66.7 Å². The molecule has 188 valence electrons. The first kappa shape index (κ1) is 25.3. The van der Waals surface area contributed by atoms with Crippen molar-refractivity contribution in [3.05, 3.63) is 112 Å². The van der Waals surface area contributed by atoms with Crippen molar-refractivity contribution < 1.29 is 22.6 Å². The summed E-state index contributed by atoms with van der Waals surface area (Å²) in [6.45, 7) is 1.36. The fraction of sp³-hybridized carbons (Fsp3) is 0.0769. The van der Waals surface area contributed by atoms with Crippen molar-refractivity contribution in [1.29, 1.82) is 0 Å². The number of non-ortho nitro benzene ring substituents is 1. The zero-order valence-electron chi connectivity index (χ0n) is 19.6. The Labute approximate surface area is 213 Å². The summed E-state index contributed by atoms with van der Waals surface area (Å²) < 4.78 is 33.3. The van der Waals surface area contributed by atoms with Crippen LogP contribution in [0.25, 0.3) is 11.3 Å². The molecule has 0 spiro atoms. The molecule has 0 bridgehead atoms. The standard InChI is InChI=1S/C26H22N4O6S/c1-19-7-14-24(15-8-19)37(34,35)29(21-5-3-2-4-6-21)18-26(31)28-27-17-23-13-16-25(36-23)20-9-11-22(12-10-20)30(32)33/h2-17H,18H2,1H3,(H,28,31)/b27-17-. The van der Waals surface area contributed by atoms with Gasteiger partial charge in [0, 0.05) is 17.7 Å². The van der Waals surface area contributed by atoms with Crippen molar-refractivity contribution in [3.8, 4) is 11.3 Å². The second-order valence-corrected chi connectivity index (χ2v) is 9.82. The van der Waals surface area contributed by atoms with Crippen LogP contribution in [0.1, 0.15) is 11.3 Å². The quantitative estimate of drug-likeness (QED) is 0.197.